The van der Waals surface area contributed by atoms with E-state index >= 15 is 0 Å². The number of benzene rings is 2. The summed E-state index contributed by atoms with van der Waals surface area (Å²) in [5, 5.41) is 6.35. The number of aromatic nitrogens is 2. The average Bonchev–Trinajstić information content (AvgIpc) is 3.00. The predicted octanol–water partition coefficient (Wildman–Crippen LogP) is 3.68. The number of anilines is 1. The first-order valence-corrected chi connectivity index (χ1v) is 8.82. The van der Waals surface area contributed by atoms with Gasteiger partial charge in [-0.1, -0.05) is 37.3 Å². The molecule has 2 aromatic carbocycles. The highest BCUT2D eigenvalue weighted by atomic mass is 16.1. The molecule has 0 fully saturated rings. The Morgan fingerprint density at radius 2 is 1.80 bits per heavy atom. The molecule has 2 N–H and O–H groups in total. The number of para-hydroxylation sites is 2. The third-order valence-corrected chi connectivity index (χ3v) is 4.06. The smallest absolute Gasteiger partial charge is 0.251 e. The minimum absolute atomic E-state index is 0.0289. The maximum Gasteiger partial charge on any atom is 0.251 e. The molecule has 0 aliphatic carbocycles. The lowest BCUT2D eigenvalue weighted by molar-refractivity contribution is 0.0953. The van der Waals surface area contributed by atoms with Crippen molar-refractivity contribution in [1.29, 1.82) is 0 Å². The second-order valence-electron chi connectivity index (χ2n) is 5.98. The van der Waals surface area contributed by atoms with Gasteiger partial charge in [0.05, 0.1) is 11.0 Å². The molecule has 0 saturated heterocycles. The van der Waals surface area contributed by atoms with Gasteiger partial charge in [0.15, 0.2) is 0 Å². The Balaban J connectivity index is 1.51. The van der Waals surface area contributed by atoms with E-state index in [0.29, 0.717) is 12.1 Å². The van der Waals surface area contributed by atoms with E-state index in [4.69, 9.17) is 0 Å². The molecule has 25 heavy (non-hydrogen) atoms. The summed E-state index contributed by atoms with van der Waals surface area (Å²) < 4.78 is 2.22. The zero-order chi connectivity index (χ0) is 17.5. The molecule has 1 heterocycles. The SMILES string of the molecule is CCCn1c(NCCCNC(=O)c2ccccc2)nc2ccccc21. The Morgan fingerprint density at radius 3 is 2.60 bits per heavy atom. The number of aryl methyl sites for hydroxylation is 1. The van der Waals surface area contributed by atoms with E-state index in [1.807, 2.05) is 48.5 Å². The maximum atomic E-state index is 12.0. The van der Waals surface area contributed by atoms with Gasteiger partial charge in [-0.15, -0.1) is 0 Å². The second kappa shape index (κ2) is 8.33. The lowest BCUT2D eigenvalue weighted by Gasteiger charge is -2.10. The van der Waals surface area contributed by atoms with Crippen LogP contribution in [0.15, 0.2) is 54.6 Å². The van der Waals surface area contributed by atoms with E-state index in [1.165, 1.54) is 0 Å². The van der Waals surface area contributed by atoms with Crippen LogP contribution in [0.5, 0.6) is 0 Å². The fourth-order valence-corrected chi connectivity index (χ4v) is 2.84. The normalized spacial score (nSPS) is 10.8. The van der Waals surface area contributed by atoms with Gasteiger partial charge in [-0.2, -0.15) is 0 Å². The van der Waals surface area contributed by atoms with Gasteiger partial charge in [-0.25, -0.2) is 4.98 Å². The number of hydrogen-bond donors (Lipinski definition) is 2. The minimum Gasteiger partial charge on any atom is -0.356 e. The Labute approximate surface area is 148 Å². The Hall–Kier alpha value is -2.82. The number of imidazole rings is 1. The second-order valence-corrected chi connectivity index (χ2v) is 5.98. The van der Waals surface area contributed by atoms with Crippen molar-refractivity contribution in [3.05, 3.63) is 60.2 Å². The van der Waals surface area contributed by atoms with Crippen LogP contribution < -0.4 is 10.6 Å². The first-order valence-electron chi connectivity index (χ1n) is 8.82. The van der Waals surface area contributed by atoms with Crippen molar-refractivity contribution >= 4 is 22.9 Å². The fourth-order valence-electron chi connectivity index (χ4n) is 2.84. The van der Waals surface area contributed by atoms with Gasteiger partial charge in [0.2, 0.25) is 5.95 Å². The molecule has 0 radical (unpaired) electrons. The molecule has 0 aliphatic heterocycles. The lowest BCUT2D eigenvalue weighted by Crippen LogP contribution is -2.26. The standard InChI is InChI=1S/C20H24N4O/c1-2-15-24-18-12-7-6-11-17(18)23-20(24)22-14-8-13-21-19(25)16-9-4-3-5-10-16/h3-7,9-12H,2,8,13-15H2,1H3,(H,21,25)(H,22,23). The van der Waals surface area contributed by atoms with Gasteiger partial charge >= 0.3 is 0 Å². The van der Waals surface area contributed by atoms with E-state index in [-0.39, 0.29) is 5.91 Å². The van der Waals surface area contributed by atoms with Crippen LogP contribution in [0.4, 0.5) is 5.95 Å². The summed E-state index contributed by atoms with van der Waals surface area (Å²) in [7, 11) is 0. The highest BCUT2D eigenvalue weighted by molar-refractivity contribution is 5.94. The molecule has 0 aliphatic rings. The van der Waals surface area contributed by atoms with Gasteiger partial charge in [0, 0.05) is 25.2 Å². The van der Waals surface area contributed by atoms with Crippen LogP contribution in [0.2, 0.25) is 0 Å². The Kier molecular flexibility index (Phi) is 5.67. The molecule has 5 nitrogen and oxygen atoms in total. The molecule has 5 heteroatoms. The first kappa shape index (κ1) is 17.0. The molecule has 1 aromatic heterocycles. The van der Waals surface area contributed by atoms with Gasteiger partial charge < -0.3 is 15.2 Å². The van der Waals surface area contributed by atoms with Crippen LogP contribution in [0.25, 0.3) is 11.0 Å². The van der Waals surface area contributed by atoms with Crippen molar-refractivity contribution in [3.8, 4) is 0 Å². The van der Waals surface area contributed by atoms with E-state index in [9.17, 15) is 4.79 Å². The largest absolute Gasteiger partial charge is 0.356 e. The van der Waals surface area contributed by atoms with Crippen LogP contribution in [0.3, 0.4) is 0 Å². The molecule has 130 valence electrons. The molecule has 3 rings (SSSR count). The Morgan fingerprint density at radius 1 is 1.04 bits per heavy atom. The van der Waals surface area contributed by atoms with Crippen molar-refractivity contribution in [2.75, 3.05) is 18.4 Å². The van der Waals surface area contributed by atoms with Crippen molar-refractivity contribution in [2.24, 2.45) is 0 Å². The molecule has 0 unspecified atom stereocenters. The van der Waals surface area contributed by atoms with Crippen molar-refractivity contribution in [3.63, 3.8) is 0 Å². The van der Waals surface area contributed by atoms with E-state index in [0.717, 1.165) is 42.9 Å². The van der Waals surface area contributed by atoms with Crippen molar-refractivity contribution in [2.45, 2.75) is 26.3 Å². The number of carbonyl (C=O) groups excluding carboxylic acids is 1. The molecule has 0 spiro atoms. The number of rotatable bonds is 8. The lowest BCUT2D eigenvalue weighted by atomic mass is 10.2. The number of nitrogens with zero attached hydrogens (tertiary/aromatic N) is 2. The Bertz CT molecular complexity index is 826. The minimum atomic E-state index is -0.0289. The molecule has 0 atom stereocenters. The topological polar surface area (TPSA) is 59.0 Å². The summed E-state index contributed by atoms with van der Waals surface area (Å²) in [6.45, 7) is 4.50. The van der Waals surface area contributed by atoms with Gasteiger partial charge in [0.1, 0.15) is 0 Å². The third kappa shape index (κ3) is 4.18. The molecule has 3 aromatic rings. The number of fused-ring (bicyclic) bond motifs is 1. The van der Waals surface area contributed by atoms with Crippen LogP contribution in [0.1, 0.15) is 30.1 Å². The van der Waals surface area contributed by atoms with Crippen molar-refractivity contribution in [1.82, 2.24) is 14.9 Å². The van der Waals surface area contributed by atoms with Crippen LogP contribution in [-0.4, -0.2) is 28.5 Å². The van der Waals surface area contributed by atoms with Crippen LogP contribution in [0, 0.1) is 0 Å². The summed E-state index contributed by atoms with van der Waals surface area (Å²) in [5.74, 6) is 0.872. The van der Waals surface area contributed by atoms with E-state index in [1.54, 1.807) is 0 Å². The van der Waals surface area contributed by atoms with Gasteiger partial charge in [-0.3, -0.25) is 4.79 Å². The molecule has 0 saturated carbocycles. The van der Waals surface area contributed by atoms with Crippen LogP contribution >= 0.6 is 0 Å². The van der Waals surface area contributed by atoms with Gasteiger partial charge in [0.25, 0.3) is 5.91 Å². The highest BCUT2D eigenvalue weighted by Crippen LogP contribution is 2.19. The average molecular weight is 336 g/mol. The summed E-state index contributed by atoms with van der Waals surface area (Å²) in [6, 6.07) is 17.5. The van der Waals surface area contributed by atoms with E-state index < -0.39 is 0 Å². The number of nitrogens with one attached hydrogen (secondary N) is 2. The van der Waals surface area contributed by atoms with Gasteiger partial charge in [-0.05, 0) is 37.1 Å². The highest BCUT2D eigenvalue weighted by Gasteiger charge is 2.09. The zero-order valence-corrected chi connectivity index (χ0v) is 14.5. The predicted molar refractivity (Wildman–Crippen MR) is 102 cm³/mol. The van der Waals surface area contributed by atoms with E-state index in [2.05, 4.69) is 33.2 Å². The summed E-state index contributed by atoms with van der Waals surface area (Å²) in [6.07, 6.45) is 1.90. The summed E-state index contributed by atoms with van der Waals surface area (Å²) in [5.41, 5.74) is 2.86. The quantitative estimate of drug-likeness (QED) is 0.617. The molecule has 1 amide bonds. The molecule has 0 bridgehead atoms. The number of carbonyl (C=O) groups is 1. The maximum absolute atomic E-state index is 12.0. The molecular formula is C20H24N4O. The fraction of sp³-hybridized carbons (Fsp3) is 0.300. The first-order chi connectivity index (χ1) is 12.3. The molecular weight excluding hydrogens is 312 g/mol. The monoisotopic (exact) mass is 336 g/mol. The number of hydrogen-bond acceptors (Lipinski definition) is 3. The summed E-state index contributed by atoms with van der Waals surface area (Å²) in [4.78, 5) is 16.7. The summed E-state index contributed by atoms with van der Waals surface area (Å²) >= 11 is 0. The third-order valence-electron chi connectivity index (χ3n) is 4.06. The van der Waals surface area contributed by atoms with Crippen molar-refractivity contribution < 1.29 is 4.79 Å². The van der Waals surface area contributed by atoms with Crippen LogP contribution in [-0.2, 0) is 6.54 Å². The number of amides is 1. The zero-order valence-electron chi connectivity index (χ0n) is 14.5.